The van der Waals surface area contributed by atoms with Gasteiger partial charge in [-0.25, -0.2) is 0 Å². The number of hydrogen-bond donors (Lipinski definition) is 0. The van der Waals surface area contributed by atoms with E-state index in [1.54, 1.807) is 19.1 Å². The Morgan fingerprint density at radius 1 is 1.21 bits per heavy atom. The maximum atomic E-state index is 13.1. The predicted octanol–water partition coefficient (Wildman–Crippen LogP) is 4.77. The summed E-state index contributed by atoms with van der Waals surface area (Å²) in [4.78, 5) is 0. The van der Waals surface area contributed by atoms with Gasteiger partial charge >= 0.3 is 6.18 Å². The fourth-order valence-electron chi connectivity index (χ4n) is 2.29. The van der Waals surface area contributed by atoms with Crippen LogP contribution in [0.1, 0.15) is 29.8 Å². The molecule has 1 aromatic carbocycles. The van der Waals surface area contributed by atoms with Gasteiger partial charge in [0.15, 0.2) is 0 Å². The molecule has 2 heterocycles. The lowest BCUT2D eigenvalue weighted by Gasteiger charge is -2.06. The number of rotatable bonds is 7. The maximum absolute atomic E-state index is 13.1. The highest BCUT2D eigenvalue weighted by molar-refractivity contribution is 7.99. The van der Waals surface area contributed by atoms with Crippen LogP contribution in [0.4, 0.5) is 13.2 Å². The second kappa shape index (κ2) is 8.51. The number of aryl methyl sites for hydroxylation is 1. The van der Waals surface area contributed by atoms with Gasteiger partial charge in [0.2, 0.25) is 5.16 Å². The highest BCUT2D eigenvalue weighted by Crippen LogP contribution is 2.30. The molecule has 28 heavy (non-hydrogen) atoms. The molecule has 0 aliphatic heterocycles. The Labute approximate surface area is 163 Å². The lowest BCUT2D eigenvalue weighted by Crippen LogP contribution is -2.13. The van der Waals surface area contributed by atoms with E-state index in [9.17, 15) is 13.2 Å². The number of halogens is 3. The molecule has 3 aromatic rings. The minimum atomic E-state index is -4.66. The van der Waals surface area contributed by atoms with Crippen LogP contribution in [0.15, 0.2) is 51.1 Å². The van der Waals surface area contributed by atoms with Crippen molar-refractivity contribution in [2.75, 3.05) is 5.75 Å². The highest BCUT2D eigenvalue weighted by Gasteiger charge is 2.38. The quantitative estimate of drug-likeness (QED) is 0.415. The standard InChI is InChI=1S/C18H17F3N4O2S/c1-3-28-17-24-23-16(18(19,20)21)25(17)22-10-13-8-9-14(27-13)11-26-15-7-5-4-6-12(15)2/h4-10H,3,11H2,1-2H3. The monoisotopic (exact) mass is 410 g/mol. The molecular formula is C18H17F3N4O2S. The molecule has 148 valence electrons. The molecule has 10 heteroatoms. The van der Waals surface area contributed by atoms with Crippen molar-refractivity contribution >= 4 is 18.0 Å². The minimum Gasteiger partial charge on any atom is -0.485 e. The van der Waals surface area contributed by atoms with Crippen molar-refractivity contribution in [2.45, 2.75) is 31.8 Å². The summed E-state index contributed by atoms with van der Waals surface area (Å²) in [6.45, 7) is 3.92. The van der Waals surface area contributed by atoms with Gasteiger partial charge in [-0.2, -0.15) is 22.9 Å². The molecule has 0 aliphatic rings. The number of furan rings is 1. The number of para-hydroxylation sites is 1. The van der Waals surface area contributed by atoms with E-state index in [4.69, 9.17) is 9.15 Å². The highest BCUT2D eigenvalue weighted by atomic mass is 32.2. The first-order chi connectivity index (χ1) is 13.4. The van der Waals surface area contributed by atoms with Crippen molar-refractivity contribution in [1.82, 2.24) is 14.9 Å². The summed E-state index contributed by atoms with van der Waals surface area (Å²) < 4.78 is 51.1. The van der Waals surface area contributed by atoms with Crippen molar-refractivity contribution in [2.24, 2.45) is 5.10 Å². The van der Waals surface area contributed by atoms with Crippen LogP contribution in [0.3, 0.4) is 0 Å². The van der Waals surface area contributed by atoms with Gasteiger partial charge in [-0.15, -0.1) is 10.2 Å². The van der Waals surface area contributed by atoms with E-state index in [0.29, 0.717) is 16.2 Å². The van der Waals surface area contributed by atoms with Crippen LogP contribution in [-0.2, 0) is 12.8 Å². The molecule has 0 aliphatic carbocycles. The Morgan fingerprint density at radius 3 is 2.71 bits per heavy atom. The molecule has 0 fully saturated rings. The Hall–Kier alpha value is -2.75. The smallest absolute Gasteiger partial charge is 0.453 e. The van der Waals surface area contributed by atoms with E-state index in [2.05, 4.69) is 15.3 Å². The SMILES string of the molecule is CCSc1nnc(C(F)(F)F)n1N=Cc1ccc(COc2ccccc2C)o1. The van der Waals surface area contributed by atoms with Crippen molar-refractivity contribution in [3.8, 4) is 5.75 Å². The van der Waals surface area contributed by atoms with E-state index >= 15 is 0 Å². The molecule has 2 aromatic heterocycles. The van der Waals surface area contributed by atoms with Crippen LogP contribution in [0.2, 0.25) is 0 Å². The maximum Gasteiger partial charge on any atom is 0.453 e. The summed E-state index contributed by atoms with van der Waals surface area (Å²) >= 11 is 1.11. The average molecular weight is 410 g/mol. The predicted molar refractivity (Wildman–Crippen MR) is 98.6 cm³/mol. The van der Waals surface area contributed by atoms with Crippen molar-refractivity contribution in [3.05, 3.63) is 59.3 Å². The largest absolute Gasteiger partial charge is 0.485 e. The van der Waals surface area contributed by atoms with Crippen LogP contribution >= 0.6 is 11.8 Å². The van der Waals surface area contributed by atoms with E-state index in [1.165, 1.54) is 6.21 Å². The molecule has 0 radical (unpaired) electrons. The molecule has 0 amide bonds. The number of aromatic nitrogens is 3. The third kappa shape index (κ3) is 4.75. The zero-order chi connectivity index (χ0) is 20.1. The zero-order valence-electron chi connectivity index (χ0n) is 15.1. The number of benzene rings is 1. The third-order valence-corrected chi connectivity index (χ3v) is 4.39. The van der Waals surface area contributed by atoms with E-state index in [0.717, 1.165) is 23.1 Å². The van der Waals surface area contributed by atoms with Gasteiger partial charge in [0, 0.05) is 0 Å². The van der Waals surface area contributed by atoms with Crippen LogP contribution in [-0.4, -0.2) is 26.8 Å². The number of alkyl halides is 3. The molecule has 0 saturated carbocycles. The summed E-state index contributed by atoms with van der Waals surface area (Å²) in [7, 11) is 0. The normalized spacial score (nSPS) is 12.0. The summed E-state index contributed by atoms with van der Waals surface area (Å²) in [5.74, 6) is 0.890. The zero-order valence-corrected chi connectivity index (χ0v) is 15.9. The molecule has 0 saturated heterocycles. The molecule has 3 rings (SSSR count). The molecule has 0 bridgehead atoms. The number of hydrogen-bond acceptors (Lipinski definition) is 6. The van der Waals surface area contributed by atoms with Crippen molar-refractivity contribution in [1.29, 1.82) is 0 Å². The molecule has 6 nitrogen and oxygen atoms in total. The van der Waals surface area contributed by atoms with Crippen LogP contribution in [0.25, 0.3) is 0 Å². The van der Waals surface area contributed by atoms with E-state index in [1.807, 2.05) is 31.2 Å². The van der Waals surface area contributed by atoms with Gasteiger partial charge in [0.25, 0.3) is 5.82 Å². The van der Waals surface area contributed by atoms with Crippen LogP contribution < -0.4 is 4.74 Å². The van der Waals surface area contributed by atoms with Gasteiger partial charge < -0.3 is 9.15 Å². The number of nitrogens with zero attached hydrogens (tertiary/aromatic N) is 4. The molecule has 0 spiro atoms. The Balaban J connectivity index is 1.74. The third-order valence-electron chi connectivity index (χ3n) is 3.59. The summed E-state index contributed by atoms with van der Waals surface area (Å²) in [6, 6.07) is 10.8. The van der Waals surface area contributed by atoms with E-state index in [-0.39, 0.29) is 17.5 Å². The van der Waals surface area contributed by atoms with Crippen LogP contribution in [0.5, 0.6) is 5.75 Å². The first-order valence-electron chi connectivity index (χ1n) is 8.35. The lowest BCUT2D eigenvalue weighted by molar-refractivity contribution is -0.147. The molecule has 0 N–H and O–H groups in total. The second-order valence-corrected chi connectivity index (χ2v) is 6.88. The number of ether oxygens (including phenoxy) is 1. The number of thioether (sulfide) groups is 1. The first-order valence-corrected chi connectivity index (χ1v) is 9.34. The van der Waals surface area contributed by atoms with Crippen molar-refractivity contribution in [3.63, 3.8) is 0 Å². The van der Waals surface area contributed by atoms with Gasteiger partial charge in [-0.05, 0) is 36.4 Å². The second-order valence-electron chi connectivity index (χ2n) is 5.65. The Bertz CT molecular complexity index is 966. The van der Waals surface area contributed by atoms with Gasteiger partial charge in [-0.1, -0.05) is 36.9 Å². The summed E-state index contributed by atoms with van der Waals surface area (Å²) in [5, 5.41) is 10.7. The van der Waals surface area contributed by atoms with E-state index < -0.39 is 12.0 Å². The average Bonchev–Trinajstić information content (AvgIpc) is 3.26. The Morgan fingerprint density at radius 2 is 2.00 bits per heavy atom. The van der Waals surface area contributed by atoms with Gasteiger partial charge in [0.05, 0.1) is 6.21 Å². The van der Waals surface area contributed by atoms with Crippen molar-refractivity contribution < 1.29 is 22.3 Å². The molecular weight excluding hydrogens is 393 g/mol. The summed E-state index contributed by atoms with van der Waals surface area (Å²) in [6.07, 6.45) is -3.47. The van der Waals surface area contributed by atoms with Crippen LogP contribution in [0, 0.1) is 6.92 Å². The Kier molecular flexibility index (Phi) is 6.08. The first kappa shape index (κ1) is 20.0. The fourth-order valence-corrected chi connectivity index (χ4v) is 2.90. The lowest BCUT2D eigenvalue weighted by atomic mass is 10.2. The molecule has 0 unspecified atom stereocenters. The molecule has 0 atom stereocenters. The van der Waals surface area contributed by atoms with Gasteiger partial charge in [-0.3, -0.25) is 0 Å². The topological polar surface area (TPSA) is 65.4 Å². The summed E-state index contributed by atoms with van der Waals surface area (Å²) in [5.41, 5.74) is 0.990. The van der Waals surface area contributed by atoms with Gasteiger partial charge in [0.1, 0.15) is 23.9 Å². The fraction of sp³-hybridized carbons (Fsp3) is 0.278. The minimum absolute atomic E-state index is 0.0562.